The topological polar surface area (TPSA) is 49.3 Å². The summed E-state index contributed by atoms with van der Waals surface area (Å²) in [4.78, 5) is 11.5. The minimum absolute atomic E-state index is 0.0368. The summed E-state index contributed by atoms with van der Waals surface area (Å²) in [6.45, 7) is 4.79. The molecule has 2 N–H and O–H groups in total. The number of hydrogen-bond donors (Lipinski definition) is 2. The highest BCUT2D eigenvalue weighted by atomic mass is 16.3. The maximum Gasteiger partial charge on any atom is 0.220 e. The first-order valence-electron chi connectivity index (χ1n) is 6.07. The highest BCUT2D eigenvalue weighted by Gasteiger charge is 2.03. The number of hydrogen-bond acceptors (Lipinski definition) is 2. The molecule has 0 atom stereocenters. The molecule has 0 saturated heterocycles. The lowest BCUT2D eigenvalue weighted by Crippen LogP contribution is -2.22. The van der Waals surface area contributed by atoms with Gasteiger partial charge < -0.3 is 10.4 Å². The first-order valence-corrected chi connectivity index (χ1v) is 6.07. The molecule has 3 heteroatoms. The second-order valence-electron chi connectivity index (χ2n) is 4.69. The fourth-order valence-corrected chi connectivity index (χ4v) is 1.55. The van der Waals surface area contributed by atoms with Crippen LogP contribution in [-0.2, 0) is 17.9 Å². The number of carbonyl (C=O) groups excluding carboxylic acids is 1. The van der Waals surface area contributed by atoms with Crippen LogP contribution in [0.5, 0.6) is 0 Å². The van der Waals surface area contributed by atoms with Crippen molar-refractivity contribution in [2.75, 3.05) is 0 Å². The number of amides is 1. The standard InChI is InChI=1S/C14H21NO2/c1-11(2)6-7-14(17)15-9-12-4-3-5-13(8-12)10-16/h3-5,8,11,16H,6-7,9-10H2,1-2H3,(H,15,17). The van der Waals surface area contributed by atoms with Gasteiger partial charge in [0.25, 0.3) is 0 Å². The summed E-state index contributed by atoms with van der Waals surface area (Å²) in [6.07, 6.45) is 1.50. The van der Waals surface area contributed by atoms with Crippen LogP contribution in [0, 0.1) is 5.92 Å². The monoisotopic (exact) mass is 235 g/mol. The Morgan fingerprint density at radius 1 is 1.35 bits per heavy atom. The van der Waals surface area contributed by atoms with Crippen molar-refractivity contribution in [3.05, 3.63) is 35.4 Å². The molecule has 0 radical (unpaired) electrons. The third-order valence-corrected chi connectivity index (χ3v) is 2.61. The molecule has 1 rings (SSSR count). The highest BCUT2D eigenvalue weighted by molar-refractivity contribution is 5.75. The van der Waals surface area contributed by atoms with Gasteiger partial charge in [-0.15, -0.1) is 0 Å². The first kappa shape index (κ1) is 13.7. The molecule has 0 heterocycles. The van der Waals surface area contributed by atoms with E-state index in [2.05, 4.69) is 19.2 Å². The lowest BCUT2D eigenvalue weighted by molar-refractivity contribution is -0.121. The van der Waals surface area contributed by atoms with E-state index in [0.717, 1.165) is 17.5 Å². The van der Waals surface area contributed by atoms with Crippen molar-refractivity contribution in [1.29, 1.82) is 0 Å². The lowest BCUT2D eigenvalue weighted by Gasteiger charge is -2.07. The molecule has 1 aromatic carbocycles. The van der Waals surface area contributed by atoms with Crippen LogP contribution in [0.15, 0.2) is 24.3 Å². The summed E-state index contributed by atoms with van der Waals surface area (Å²) in [6, 6.07) is 7.61. The molecular formula is C14H21NO2. The number of aliphatic hydroxyl groups is 1. The van der Waals surface area contributed by atoms with Crippen LogP contribution < -0.4 is 5.32 Å². The van der Waals surface area contributed by atoms with Crippen molar-refractivity contribution >= 4 is 5.91 Å². The first-order chi connectivity index (χ1) is 8.11. The van der Waals surface area contributed by atoms with Crippen LogP contribution in [0.4, 0.5) is 0 Å². The number of rotatable bonds is 6. The Bertz CT molecular complexity index is 361. The van der Waals surface area contributed by atoms with Gasteiger partial charge in [0, 0.05) is 13.0 Å². The fourth-order valence-electron chi connectivity index (χ4n) is 1.55. The summed E-state index contributed by atoms with van der Waals surface area (Å²) in [5.74, 6) is 0.645. The molecule has 3 nitrogen and oxygen atoms in total. The van der Waals surface area contributed by atoms with Crippen molar-refractivity contribution < 1.29 is 9.90 Å². The minimum Gasteiger partial charge on any atom is -0.392 e. The summed E-state index contributed by atoms with van der Waals surface area (Å²) in [7, 11) is 0. The zero-order valence-corrected chi connectivity index (χ0v) is 10.6. The quantitative estimate of drug-likeness (QED) is 0.794. The summed E-state index contributed by atoms with van der Waals surface area (Å²) in [5.41, 5.74) is 1.90. The fraction of sp³-hybridized carbons (Fsp3) is 0.500. The average Bonchev–Trinajstić information content (AvgIpc) is 2.34. The molecular weight excluding hydrogens is 214 g/mol. The van der Waals surface area contributed by atoms with E-state index in [4.69, 9.17) is 5.11 Å². The van der Waals surface area contributed by atoms with E-state index in [9.17, 15) is 4.79 Å². The van der Waals surface area contributed by atoms with Gasteiger partial charge in [0.15, 0.2) is 0 Å². The minimum atomic E-state index is 0.0368. The smallest absolute Gasteiger partial charge is 0.220 e. The van der Waals surface area contributed by atoms with Gasteiger partial charge in [-0.1, -0.05) is 38.1 Å². The van der Waals surface area contributed by atoms with Gasteiger partial charge in [0.05, 0.1) is 6.61 Å². The van der Waals surface area contributed by atoms with Crippen molar-refractivity contribution in [2.45, 2.75) is 39.8 Å². The number of nitrogens with one attached hydrogen (secondary N) is 1. The van der Waals surface area contributed by atoms with Crippen molar-refractivity contribution in [2.24, 2.45) is 5.92 Å². The van der Waals surface area contributed by atoms with E-state index < -0.39 is 0 Å². The number of benzene rings is 1. The molecule has 0 aliphatic heterocycles. The molecule has 17 heavy (non-hydrogen) atoms. The van der Waals surface area contributed by atoms with Crippen LogP contribution in [0.1, 0.15) is 37.8 Å². The van der Waals surface area contributed by atoms with Gasteiger partial charge >= 0.3 is 0 Å². The summed E-state index contributed by atoms with van der Waals surface area (Å²) in [5, 5.41) is 11.9. The van der Waals surface area contributed by atoms with Gasteiger partial charge in [0.2, 0.25) is 5.91 Å². The van der Waals surface area contributed by atoms with Crippen molar-refractivity contribution in [1.82, 2.24) is 5.32 Å². The molecule has 0 unspecified atom stereocenters. The molecule has 0 aliphatic rings. The molecule has 1 amide bonds. The maximum atomic E-state index is 11.5. The van der Waals surface area contributed by atoms with Gasteiger partial charge in [-0.2, -0.15) is 0 Å². The average molecular weight is 235 g/mol. The van der Waals surface area contributed by atoms with E-state index in [1.165, 1.54) is 0 Å². The molecule has 0 fully saturated rings. The van der Waals surface area contributed by atoms with Crippen molar-refractivity contribution in [3.63, 3.8) is 0 Å². The highest BCUT2D eigenvalue weighted by Crippen LogP contribution is 2.06. The zero-order valence-electron chi connectivity index (χ0n) is 10.6. The maximum absolute atomic E-state index is 11.5. The van der Waals surface area contributed by atoms with Crippen LogP contribution >= 0.6 is 0 Å². The normalized spacial score (nSPS) is 10.6. The predicted molar refractivity (Wildman–Crippen MR) is 68.3 cm³/mol. The van der Waals surface area contributed by atoms with Crippen LogP contribution in [0.3, 0.4) is 0 Å². The Hall–Kier alpha value is -1.35. The molecule has 0 bridgehead atoms. The Balaban J connectivity index is 2.36. The number of carbonyl (C=O) groups is 1. The van der Waals surface area contributed by atoms with Gasteiger partial charge in [-0.3, -0.25) is 4.79 Å². The molecule has 0 spiro atoms. The summed E-state index contributed by atoms with van der Waals surface area (Å²) >= 11 is 0. The van der Waals surface area contributed by atoms with Gasteiger partial charge in [-0.25, -0.2) is 0 Å². The van der Waals surface area contributed by atoms with E-state index in [-0.39, 0.29) is 12.5 Å². The molecule has 0 aliphatic carbocycles. The SMILES string of the molecule is CC(C)CCC(=O)NCc1cccc(CO)c1. The second-order valence-corrected chi connectivity index (χ2v) is 4.69. The number of aliphatic hydroxyl groups excluding tert-OH is 1. The van der Waals surface area contributed by atoms with Crippen LogP contribution in [-0.4, -0.2) is 11.0 Å². The third-order valence-electron chi connectivity index (χ3n) is 2.61. The lowest BCUT2D eigenvalue weighted by atomic mass is 10.1. The second kappa shape index (κ2) is 7.07. The van der Waals surface area contributed by atoms with E-state index in [1.54, 1.807) is 0 Å². The Kier molecular flexibility index (Phi) is 5.70. The van der Waals surface area contributed by atoms with Gasteiger partial charge in [0.1, 0.15) is 0 Å². The van der Waals surface area contributed by atoms with Gasteiger partial charge in [-0.05, 0) is 23.5 Å². The van der Waals surface area contributed by atoms with Crippen LogP contribution in [0.2, 0.25) is 0 Å². The molecule has 1 aromatic rings. The predicted octanol–water partition coefficient (Wildman–Crippen LogP) is 2.23. The zero-order chi connectivity index (χ0) is 12.7. The third kappa shape index (κ3) is 5.50. The van der Waals surface area contributed by atoms with E-state index in [1.807, 2.05) is 24.3 Å². The molecule has 0 aromatic heterocycles. The van der Waals surface area contributed by atoms with Crippen molar-refractivity contribution in [3.8, 4) is 0 Å². The Morgan fingerprint density at radius 3 is 2.71 bits per heavy atom. The molecule has 0 saturated carbocycles. The molecule has 94 valence electrons. The Morgan fingerprint density at radius 2 is 2.06 bits per heavy atom. The Labute approximate surface area is 103 Å². The van der Waals surface area contributed by atoms with E-state index >= 15 is 0 Å². The van der Waals surface area contributed by atoms with Crippen LogP contribution in [0.25, 0.3) is 0 Å². The summed E-state index contributed by atoms with van der Waals surface area (Å²) < 4.78 is 0. The largest absolute Gasteiger partial charge is 0.392 e. The van der Waals surface area contributed by atoms with E-state index in [0.29, 0.717) is 18.9 Å².